The molecule has 1 aliphatic heterocycles. The van der Waals surface area contributed by atoms with Crippen LogP contribution in [-0.2, 0) is 4.79 Å². The van der Waals surface area contributed by atoms with Crippen LogP contribution in [-0.4, -0.2) is 56.4 Å². The molecule has 0 unspecified atom stereocenters. The number of hydrogen-bond donors (Lipinski definition) is 3. The Hall–Kier alpha value is -1.89. The smallest absolute Gasteiger partial charge is 0.314 e. The third-order valence-corrected chi connectivity index (χ3v) is 3.92. The molecule has 0 aromatic carbocycles. The summed E-state index contributed by atoms with van der Waals surface area (Å²) in [7, 11) is 0. The number of aliphatic carboxylic acids is 1. The van der Waals surface area contributed by atoms with Gasteiger partial charge in [-0.05, 0) is 18.9 Å². The highest BCUT2D eigenvalue weighted by molar-refractivity contribution is 5.92. The number of piperidine rings is 1. The molecule has 0 aliphatic carbocycles. The van der Waals surface area contributed by atoms with Crippen LogP contribution in [0, 0.1) is 5.41 Å². The second-order valence-electron chi connectivity index (χ2n) is 5.21. The number of aliphatic hydroxyl groups is 1. The molecule has 7 heteroatoms. The van der Waals surface area contributed by atoms with Gasteiger partial charge in [-0.25, -0.2) is 0 Å². The standard InChI is InChI=1S/C13H19N3O4/c1-2-5-13(12(19)20)8-16(7-4-10(13)17)11(18)9-3-6-14-15-9/h3,6,10,17H,2,4-5,7-8H2,1H3,(H,14,15)(H,19,20)/t10-,13+/m0/s1. The summed E-state index contributed by atoms with van der Waals surface area (Å²) in [5, 5.41) is 25.9. The van der Waals surface area contributed by atoms with Crippen LogP contribution in [0.1, 0.15) is 36.7 Å². The van der Waals surface area contributed by atoms with Gasteiger partial charge in [0.15, 0.2) is 0 Å². The predicted octanol–water partition coefficient (Wildman–Crippen LogP) is 0.488. The van der Waals surface area contributed by atoms with Crippen molar-refractivity contribution in [3.8, 4) is 0 Å². The molecule has 0 spiro atoms. The van der Waals surface area contributed by atoms with E-state index in [-0.39, 0.29) is 18.9 Å². The number of aliphatic hydroxyl groups excluding tert-OH is 1. The van der Waals surface area contributed by atoms with E-state index in [2.05, 4.69) is 10.2 Å². The maximum absolute atomic E-state index is 12.3. The van der Waals surface area contributed by atoms with Gasteiger partial charge in [-0.15, -0.1) is 0 Å². The van der Waals surface area contributed by atoms with Crippen molar-refractivity contribution in [2.75, 3.05) is 13.1 Å². The molecule has 2 heterocycles. The summed E-state index contributed by atoms with van der Waals surface area (Å²) in [6.07, 6.45) is 1.80. The van der Waals surface area contributed by atoms with Crippen LogP contribution in [0.3, 0.4) is 0 Å². The van der Waals surface area contributed by atoms with Crippen molar-refractivity contribution in [1.29, 1.82) is 0 Å². The number of amides is 1. The van der Waals surface area contributed by atoms with Gasteiger partial charge in [0.1, 0.15) is 11.1 Å². The van der Waals surface area contributed by atoms with E-state index in [1.54, 1.807) is 6.07 Å². The van der Waals surface area contributed by atoms with E-state index in [1.807, 2.05) is 6.92 Å². The predicted molar refractivity (Wildman–Crippen MR) is 70.1 cm³/mol. The molecule has 110 valence electrons. The minimum atomic E-state index is -1.28. The van der Waals surface area contributed by atoms with Crippen LogP contribution >= 0.6 is 0 Å². The SMILES string of the molecule is CCC[C@@]1(C(=O)O)CN(C(=O)c2ccn[nH]2)CC[C@@H]1O. The van der Waals surface area contributed by atoms with E-state index in [9.17, 15) is 19.8 Å². The Morgan fingerprint density at radius 3 is 2.90 bits per heavy atom. The van der Waals surface area contributed by atoms with Crippen LogP contribution in [0.15, 0.2) is 12.3 Å². The third kappa shape index (κ3) is 2.40. The Morgan fingerprint density at radius 2 is 2.35 bits per heavy atom. The molecular formula is C13H19N3O4. The van der Waals surface area contributed by atoms with Crippen LogP contribution in [0.5, 0.6) is 0 Å². The Labute approximate surface area is 116 Å². The zero-order chi connectivity index (χ0) is 14.8. The molecule has 1 aliphatic rings. The Bertz CT molecular complexity index is 488. The normalized spacial score (nSPS) is 26.5. The van der Waals surface area contributed by atoms with Crippen molar-refractivity contribution in [3.63, 3.8) is 0 Å². The van der Waals surface area contributed by atoms with Gasteiger partial charge in [0.25, 0.3) is 5.91 Å². The summed E-state index contributed by atoms with van der Waals surface area (Å²) in [5.74, 6) is -1.33. The number of carboxylic acid groups (broad SMARTS) is 1. The van der Waals surface area contributed by atoms with E-state index in [1.165, 1.54) is 11.1 Å². The van der Waals surface area contributed by atoms with Gasteiger partial charge >= 0.3 is 5.97 Å². The molecule has 2 rings (SSSR count). The third-order valence-electron chi connectivity index (χ3n) is 3.92. The molecule has 1 saturated heterocycles. The Morgan fingerprint density at radius 1 is 1.60 bits per heavy atom. The molecule has 1 amide bonds. The highest BCUT2D eigenvalue weighted by Gasteiger charge is 2.49. The average molecular weight is 281 g/mol. The number of H-pyrrole nitrogens is 1. The largest absolute Gasteiger partial charge is 0.481 e. The zero-order valence-electron chi connectivity index (χ0n) is 11.4. The zero-order valence-corrected chi connectivity index (χ0v) is 11.4. The van der Waals surface area contributed by atoms with Crippen molar-refractivity contribution >= 4 is 11.9 Å². The monoisotopic (exact) mass is 281 g/mol. The van der Waals surface area contributed by atoms with Crippen LogP contribution in [0.25, 0.3) is 0 Å². The molecule has 0 radical (unpaired) electrons. The summed E-state index contributed by atoms with van der Waals surface area (Å²) >= 11 is 0. The van der Waals surface area contributed by atoms with Crippen LogP contribution < -0.4 is 0 Å². The van der Waals surface area contributed by atoms with Crippen LogP contribution in [0.4, 0.5) is 0 Å². The molecular weight excluding hydrogens is 262 g/mol. The molecule has 3 N–H and O–H groups in total. The van der Waals surface area contributed by atoms with Gasteiger partial charge in [0, 0.05) is 19.3 Å². The summed E-state index contributed by atoms with van der Waals surface area (Å²) in [4.78, 5) is 25.4. The summed E-state index contributed by atoms with van der Waals surface area (Å²) in [5.41, 5.74) is -0.944. The number of carbonyl (C=O) groups is 2. The quantitative estimate of drug-likeness (QED) is 0.744. The summed E-state index contributed by atoms with van der Waals surface area (Å²) in [6.45, 7) is 2.24. The number of nitrogens with one attached hydrogen (secondary N) is 1. The van der Waals surface area contributed by atoms with E-state index >= 15 is 0 Å². The maximum Gasteiger partial charge on any atom is 0.314 e. The average Bonchev–Trinajstić information content (AvgIpc) is 2.94. The molecule has 0 bridgehead atoms. The number of aromatic amines is 1. The minimum Gasteiger partial charge on any atom is -0.481 e. The number of nitrogens with zero attached hydrogens (tertiary/aromatic N) is 2. The molecule has 1 fully saturated rings. The van der Waals surface area contributed by atoms with Crippen molar-refractivity contribution in [2.24, 2.45) is 5.41 Å². The second kappa shape index (κ2) is 5.62. The fraction of sp³-hybridized carbons (Fsp3) is 0.615. The Kier molecular flexibility index (Phi) is 4.08. The van der Waals surface area contributed by atoms with Gasteiger partial charge in [0.2, 0.25) is 0 Å². The summed E-state index contributed by atoms with van der Waals surface area (Å²) in [6, 6.07) is 1.55. The van der Waals surface area contributed by atoms with Gasteiger partial charge in [-0.1, -0.05) is 13.3 Å². The highest BCUT2D eigenvalue weighted by atomic mass is 16.4. The van der Waals surface area contributed by atoms with Gasteiger partial charge in [-0.3, -0.25) is 14.7 Å². The van der Waals surface area contributed by atoms with Crippen molar-refractivity contribution < 1.29 is 19.8 Å². The fourth-order valence-electron chi connectivity index (χ4n) is 2.81. The number of aromatic nitrogens is 2. The summed E-state index contributed by atoms with van der Waals surface area (Å²) < 4.78 is 0. The number of rotatable bonds is 4. The second-order valence-corrected chi connectivity index (χ2v) is 5.21. The first-order chi connectivity index (χ1) is 9.51. The first-order valence-corrected chi connectivity index (χ1v) is 6.71. The highest BCUT2D eigenvalue weighted by Crippen LogP contribution is 2.35. The molecule has 7 nitrogen and oxygen atoms in total. The molecule has 1 aromatic rings. The fourth-order valence-corrected chi connectivity index (χ4v) is 2.81. The number of likely N-dealkylation sites (tertiary alicyclic amines) is 1. The molecule has 2 atom stereocenters. The van der Waals surface area contributed by atoms with E-state index in [0.29, 0.717) is 25.1 Å². The number of carbonyl (C=O) groups excluding carboxylic acids is 1. The van der Waals surface area contributed by atoms with Gasteiger partial charge < -0.3 is 15.1 Å². The van der Waals surface area contributed by atoms with Gasteiger partial charge in [0.05, 0.1) is 6.10 Å². The van der Waals surface area contributed by atoms with E-state index in [0.717, 1.165) is 0 Å². The van der Waals surface area contributed by atoms with E-state index < -0.39 is 17.5 Å². The Balaban J connectivity index is 2.22. The lowest BCUT2D eigenvalue weighted by Gasteiger charge is -2.43. The van der Waals surface area contributed by atoms with Gasteiger partial charge in [-0.2, -0.15) is 5.10 Å². The van der Waals surface area contributed by atoms with Crippen molar-refractivity contribution in [2.45, 2.75) is 32.3 Å². The lowest BCUT2D eigenvalue weighted by atomic mass is 9.74. The number of hydrogen-bond acceptors (Lipinski definition) is 4. The van der Waals surface area contributed by atoms with Crippen LogP contribution in [0.2, 0.25) is 0 Å². The van der Waals surface area contributed by atoms with Crippen molar-refractivity contribution in [3.05, 3.63) is 18.0 Å². The lowest BCUT2D eigenvalue weighted by Crippen LogP contribution is -2.57. The van der Waals surface area contributed by atoms with Crippen molar-refractivity contribution in [1.82, 2.24) is 15.1 Å². The minimum absolute atomic E-state index is 0.0230. The number of carboxylic acids is 1. The first-order valence-electron chi connectivity index (χ1n) is 6.71. The topological polar surface area (TPSA) is 107 Å². The first kappa shape index (κ1) is 14.5. The van der Waals surface area contributed by atoms with E-state index in [4.69, 9.17) is 0 Å². The lowest BCUT2D eigenvalue weighted by molar-refractivity contribution is -0.162. The molecule has 1 aromatic heterocycles. The molecule has 20 heavy (non-hydrogen) atoms. The molecule has 0 saturated carbocycles. The maximum atomic E-state index is 12.3.